The third-order valence-corrected chi connectivity index (χ3v) is 6.17. The summed E-state index contributed by atoms with van der Waals surface area (Å²) in [6.07, 6.45) is 3.42. The molecule has 0 unspecified atom stereocenters. The molecule has 5 nitrogen and oxygen atoms in total. The van der Waals surface area contributed by atoms with Crippen LogP contribution in [0.2, 0.25) is 0 Å². The molecule has 0 saturated carbocycles. The van der Waals surface area contributed by atoms with E-state index in [9.17, 15) is 8.42 Å². The van der Waals surface area contributed by atoms with Gasteiger partial charge in [0.25, 0.3) is 0 Å². The van der Waals surface area contributed by atoms with E-state index in [1.807, 2.05) is 25.1 Å². The smallest absolute Gasteiger partial charge is 0.243 e. The molecule has 0 spiro atoms. The van der Waals surface area contributed by atoms with Gasteiger partial charge in [-0.15, -0.1) is 0 Å². The van der Waals surface area contributed by atoms with Gasteiger partial charge in [0.1, 0.15) is 11.5 Å². The van der Waals surface area contributed by atoms with Gasteiger partial charge >= 0.3 is 0 Å². The molecule has 2 heterocycles. The summed E-state index contributed by atoms with van der Waals surface area (Å²) in [5, 5.41) is 4.11. The number of benzene rings is 1. The predicted octanol–water partition coefficient (Wildman–Crippen LogP) is 3.46. The van der Waals surface area contributed by atoms with Crippen LogP contribution in [-0.4, -0.2) is 24.4 Å². The van der Waals surface area contributed by atoms with E-state index in [2.05, 4.69) is 12.1 Å². The molecule has 124 valence electrons. The first-order valence-electron chi connectivity index (χ1n) is 8.06. The lowest BCUT2D eigenvalue weighted by molar-refractivity contribution is 0.343. The first-order chi connectivity index (χ1) is 11.0. The number of aromatic nitrogens is 1. The molecular formula is C17H22N2O3S. The molecular weight excluding hydrogens is 312 g/mol. The van der Waals surface area contributed by atoms with E-state index in [4.69, 9.17) is 4.52 Å². The van der Waals surface area contributed by atoms with Crippen molar-refractivity contribution in [1.82, 2.24) is 9.46 Å². The lowest BCUT2D eigenvalue weighted by Gasteiger charge is -2.22. The molecule has 1 saturated heterocycles. The summed E-state index contributed by atoms with van der Waals surface area (Å²) in [7, 11) is -3.50. The summed E-state index contributed by atoms with van der Waals surface area (Å²) in [5.74, 6) is 0.821. The monoisotopic (exact) mass is 334 g/mol. The third kappa shape index (κ3) is 3.19. The Hall–Kier alpha value is -1.66. The predicted molar refractivity (Wildman–Crippen MR) is 87.5 cm³/mol. The lowest BCUT2D eigenvalue weighted by Crippen LogP contribution is -2.30. The number of aryl methyl sites for hydroxylation is 2. The Morgan fingerprint density at radius 1 is 1.30 bits per heavy atom. The van der Waals surface area contributed by atoms with E-state index in [1.54, 1.807) is 16.4 Å². The second-order valence-electron chi connectivity index (χ2n) is 6.05. The van der Waals surface area contributed by atoms with Crippen molar-refractivity contribution in [2.75, 3.05) is 6.54 Å². The molecule has 0 N–H and O–H groups in total. The molecule has 0 aliphatic carbocycles. The average Bonchev–Trinajstić information content (AvgIpc) is 3.16. The van der Waals surface area contributed by atoms with Crippen LogP contribution < -0.4 is 0 Å². The zero-order valence-electron chi connectivity index (χ0n) is 13.5. The highest BCUT2D eigenvalue weighted by Crippen LogP contribution is 2.36. The van der Waals surface area contributed by atoms with Crippen LogP contribution in [0.25, 0.3) is 0 Å². The highest BCUT2D eigenvalue weighted by atomic mass is 32.2. The zero-order chi connectivity index (χ0) is 16.4. The second-order valence-corrected chi connectivity index (χ2v) is 7.95. The molecule has 3 rings (SSSR count). The fourth-order valence-electron chi connectivity index (χ4n) is 3.02. The molecule has 23 heavy (non-hydrogen) atoms. The van der Waals surface area contributed by atoms with Crippen LogP contribution in [0.4, 0.5) is 0 Å². The molecule has 6 heteroatoms. The Bertz CT molecular complexity index is 765. The highest BCUT2D eigenvalue weighted by molar-refractivity contribution is 7.89. The first kappa shape index (κ1) is 16.2. The largest absolute Gasteiger partial charge is 0.361 e. The maximum atomic E-state index is 12.9. The first-order valence-corrected chi connectivity index (χ1v) is 9.50. The normalized spacial score (nSPS) is 19.3. The maximum Gasteiger partial charge on any atom is 0.243 e. The van der Waals surface area contributed by atoms with Crippen LogP contribution >= 0.6 is 0 Å². The Morgan fingerprint density at radius 3 is 2.74 bits per heavy atom. The van der Waals surface area contributed by atoms with E-state index >= 15 is 0 Å². The minimum absolute atomic E-state index is 0.226. The SMILES string of the molecule is CCCc1cc([C@H]2CCCN2S(=O)(=O)c2ccc(C)cc2)no1. The zero-order valence-corrected chi connectivity index (χ0v) is 14.3. The van der Waals surface area contributed by atoms with E-state index < -0.39 is 10.0 Å². The van der Waals surface area contributed by atoms with Gasteiger partial charge in [-0.2, -0.15) is 4.31 Å². The summed E-state index contributed by atoms with van der Waals surface area (Å²) >= 11 is 0. The minimum Gasteiger partial charge on any atom is -0.361 e. The molecule has 1 aliphatic rings. The van der Waals surface area contributed by atoms with Crippen LogP contribution in [0.5, 0.6) is 0 Å². The Labute approximate surface area is 137 Å². The van der Waals surface area contributed by atoms with Gasteiger partial charge in [-0.25, -0.2) is 8.42 Å². The third-order valence-electron chi connectivity index (χ3n) is 4.25. The summed E-state index contributed by atoms with van der Waals surface area (Å²) in [5.41, 5.74) is 1.77. The molecule has 1 aliphatic heterocycles. The number of hydrogen-bond acceptors (Lipinski definition) is 4. The van der Waals surface area contributed by atoms with Crippen molar-refractivity contribution in [3.63, 3.8) is 0 Å². The van der Waals surface area contributed by atoms with Crippen LogP contribution in [0.3, 0.4) is 0 Å². The number of nitrogens with zero attached hydrogens (tertiary/aromatic N) is 2. The van der Waals surface area contributed by atoms with E-state index in [-0.39, 0.29) is 6.04 Å². The summed E-state index contributed by atoms with van der Waals surface area (Å²) in [4.78, 5) is 0.340. The van der Waals surface area contributed by atoms with E-state index in [1.165, 1.54) is 0 Å². The van der Waals surface area contributed by atoms with Gasteiger partial charge in [0, 0.05) is 19.0 Å². The molecule has 1 aromatic carbocycles. The van der Waals surface area contributed by atoms with Gasteiger partial charge in [-0.1, -0.05) is 29.8 Å². The van der Waals surface area contributed by atoms with Gasteiger partial charge in [-0.05, 0) is 38.3 Å². The van der Waals surface area contributed by atoms with Crippen molar-refractivity contribution in [3.8, 4) is 0 Å². The average molecular weight is 334 g/mol. The van der Waals surface area contributed by atoms with Crippen molar-refractivity contribution in [1.29, 1.82) is 0 Å². The van der Waals surface area contributed by atoms with Crippen molar-refractivity contribution in [2.45, 2.75) is 50.5 Å². The summed E-state index contributed by atoms with van der Waals surface area (Å²) in [6.45, 7) is 4.54. The fraction of sp³-hybridized carbons (Fsp3) is 0.471. The molecule has 0 bridgehead atoms. The Balaban J connectivity index is 1.89. The van der Waals surface area contributed by atoms with Crippen LogP contribution in [0, 0.1) is 6.92 Å². The van der Waals surface area contributed by atoms with Crippen LogP contribution in [0.15, 0.2) is 39.8 Å². The second kappa shape index (κ2) is 6.45. The van der Waals surface area contributed by atoms with Gasteiger partial charge in [0.15, 0.2) is 0 Å². The quantitative estimate of drug-likeness (QED) is 0.840. The molecule has 0 amide bonds. The summed E-state index contributed by atoms with van der Waals surface area (Å²) < 4.78 is 32.7. The van der Waals surface area contributed by atoms with Gasteiger partial charge in [0.05, 0.1) is 10.9 Å². The fourth-order valence-corrected chi connectivity index (χ4v) is 4.69. The number of hydrogen-bond donors (Lipinski definition) is 0. The van der Waals surface area contributed by atoms with Crippen molar-refractivity contribution in [2.24, 2.45) is 0 Å². The number of rotatable bonds is 5. The van der Waals surface area contributed by atoms with Crippen LogP contribution in [0.1, 0.15) is 49.2 Å². The minimum atomic E-state index is -3.50. The van der Waals surface area contributed by atoms with Gasteiger partial charge in [0.2, 0.25) is 10.0 Å². The van der Waals surface area contributed by atoms with E-state index in [0.717, 1.165) is 42.7 Å². The number of sulfonamides is 1. The van der Waals surface area contributed by atoms with Gasteiger partial charge in [-0.3, -0.25) is 0 Å². The van der Waals surface area contributed by atoms with E-state index in [0.29, 0.717) is 11.4 Å². The topological polar surface area (TPSA) is 63.4 Å². The highest BCUT2D eigenvalue weighted by Gasteiger charge is 2.37. The standard InChI is InChI=1S/C17H22N2O3S/c1-3-5-14-12-16(18-22-14)17-6-4-11-19(17)23(20,21)15-9-7-13(2)8-10-15/h7-10,12,17H,3-6,11H2,1-2H3/t17-/m1/s1. The lowest BCUT2D eigenvalue weighted by atomic mass is 10.1. The summed E-state index contributed by atoms with van der Waals surface area (Å²) in [6, 6.07) is 8.67. The molecule has 0 radical (unpaired) electrons. The molecule has 2 aromatic rings. The van der Waals surface area contributed by atoms with Crippen molar-refractivity contribution in [3.05, 3.63) is 47.3 Å². The Morgan fingerprint density at radius 2 is 2.04 bits per heavy atom. The molecule has 1 atom stereocenters. The Kier molecular flexibility index (Phi) is 4.55. The van der Waals surface area contributed by atoms with Gasteiger partial charge < -0.3 is 4.52 Å². The molecule has 1 aromatic heterocycles. The molecule has 1 fully saturated rings. The van der Waals surface area contributed by atoms with Crippen molar-refractivity contribution >= 4 is 10.0 Å². The van der Waals surface area contributed by atoms with Crippen LogP contribution in [-0.2, 0) is 16.4 Å². The maximum absolute atomic E-state index is 12.9. The van der Waals surface area contributed by atoms with Crippen molar-refractivity contribution < 1.29 is 12.9 Å².